The van der Waals surface area contributed by atoms with E-state index in [9.17, 15) is 0 Å². The van der Waals surface area contributed by atoms with Crippen molar-refractivity contribution in [2.24, 2.45) is 17.8 Å². The first-order chi connectivity index (χ1) is 12.2. The summed E-state index contributed by atoms with van der Waals surface area (Å²) in [6.45, 7) is 1.60. The summed E-state index contributed by atoms with van der Waals surface area (Å²) in [7, 11) is 0. The van der Waals surface area contributed by atoms with Crippen molar-refractivity contribution in [1.29, 1.82) is 0 Å². The van der Waals surface area contributed by atoms with Crippen LogP contribution in [0.4, 0.5) is 5.69 Å². The maximum Gasteiger partial charge on any atom is 0.0908 e. The molecule has 1 heterocycles. The van der Waals surface area contributed by atoms with Crippen LogP contribution in [-0.2, 0) is 4.74 Å². The Bertz CT molecular complexity index is 755. The second kappa shape index (κ2) is 6.14. The number of nitrogens with zero attached hydrogens (tertiary/aromatic N) is 1. The second-order valence-electron chi connectivity index (χ2n) is 8.37. The molecule has 4 fully saturated rings. The van der Waals surface area contributed by atoms with E-state index in [0.717, 1.165) is 47.5 Å². The van der Waals surface area contributed by atoms with Crippen molar-refractivity contribution in [3.05, 3.63) is 35.5 Å². The SMILES string of the molecule is Clc1cccc2c(NCCOC34CC5CC(CC(C5)C3)C4)ccnc12. The molecule has 0 atom stereocenters. The lowest BCUT2D eigenvalue weighted by Gasteiger charge is -2.56. The lowest BCUT2D eigenvalue weighted by molar-refractivity contribution is -0.159. The molecule has 6 rings (SSSR count). The number of pyridine rings is 1. The number of rotatable bonds is 5. The Balaban J connectivity index is 1.23. The summed E-state index contributed by atoms with van der Waals surface area (Å²) in [5, 5.41) is 5.30. The van der Waals surface area contributed by atoms with Gasteiger partial charge >= 0.3 is 0 Å². The summed E-state index contributed by atoms with van der Waals surface area (Å²) in [5.74, 6) is 2.81. The van der Waals surface area contributed by atoms with Crippen LogP contribution in [0.3, 0.4) is 0 Å². The molecule has 25 heavy (non-hydrogen) atoms. The van der Waals surface area contributed by atoms with Gasteiger partial charge in [-0.15, -0.1) is 0 Å². The molecular formula is C21H25ClN2O. The fourth-order valence-electron chi connectivity index (χ4n) is 5.96. The van der Waals surface area contributed by atoms with E-state index in [1.807, 2.05) is 24.4 Å². The summed E-state index contributed by atoms with van der Waals surface area (Å²) >= 11 is 6.25. The van der Waals surface area contributed by atoms with E-state index in [2.05, 4.69) is 16.4 Å². The van der Waals surface area contributed by atoms with E-state index in [4.69, 9.17) is 16.3 Å². The van der Waals surface area contributed by atoms with E-state index in [0.29, 0.717) is 5.02 Å². The van der Waals surface area contributed by atoms with Crippen molar-refractivity contribution in [2.45, 2.75) is 44.1 Å². The van der Waals surface area contributed by atoms with E-state index < -0.39 is 0 Å². The van der Waals surface area contributed by atoms with Gasteiger partial charge in [0.25, 0.3) is 0 Å². The fraction of sp³-hybridized carbons (Fsp3) is 0.571. The highest BCUT2D eigenvalue weighted by Gasteiger charge is 2.51. The van der Waals surface area contributed by atoms with Crippen molar-refractivity contribution in [3.63, 3.8) is 0 Å². The molecule has 1 N–H and O–H groups in total. The molecular weight excluding hydrogens is 332 g/mol. The van der Waals surface area contributed by atoms with Crippen LogP contribution >= 0.6 is 11.6 Å². The largest absolute Gasteiger partial charge is 0.382 e. The number of para-hydroxylation sites is 1. The topological polar surface area (TPSA) is 34.1 Å². The standard InChI is InChI=1S/C21H25ClN2O/c22-18-3-1-2-17-19(4-5-24-20(17)18)23-6-7-25-21-11-14-8-15(12-21)10-16(9-14)13-21/h1-5,14-16H,6-13H2,(H,23,24). The van der Waals surface area contributed by atoms with Gasteiger partial charge in [-0.2, -0.15) is 0 Å². The number of anilines is 1. The van der Waals surface area contributed by atoms with Crippen LogP contribution in [0.25, 0.3) is 10.9 Å². The van der Waals surface area contributed by atoms with Crippen molar-refractivity contribution in [1.82, 2.24) is 4.98 Å². The predicted octanol–water partition coefficient (Wildman–Crippen LogP) is 5.29. The molecule has 132 valence electrons. The maximum absolute atomic E-state index is 6.50. The van der Waals surface area contributed by atoms with Crippen molar-refractivity contribution >= 4 is 28.2 Å². The van der Waals surface area contributed by atoms with Crippen LogP contribution in [0.1, 0.15) is 38.5 Å². The highest BCUT2D eigenvalue weighted by Crippen LogP contribution is 2.57. The first-order valence-electron chi connectivity index (χ1n) is 9.62. The normalized spacial score (nSPS) is 33.1. The summed E-state index contributed by atoms with van der Waals surface area (Å²) in [5.41, 5.74) is 2.14. The van der Waals surface area contributed by atoms with Crippen LogP contribution in [0.2, 0.25) is 5.02 Å². The van der Waals surface area contributed by atoms with Gasteiger partial charge in [0, 0.05) is 23.8 Å². The van der Waals surface area contributed by atoms with E-state index >= 15 is 0 Å². The van der Waals surface area contributed by atoms with E-state index in [1.165, 1.54) is 38.5 Å². The number of hydrogen-bond donors (Lipinski definition) is 1. The van der Waals surface area contributed by atoms with Crippen LogP contribution in [0, 0.1) is 17.8 Å². The second-order valence-corrected chi connectivity index (χ2v) is 8.78. The third kappa shape index (κ3) is 2.92. The van der Waals surface area contributed by atoms with Gasteiger partial charge in [-0.25, -0.2) is 0 Å². The number of nitrogens with one attached hydrogen (secondary N) is 1. The quantitative estimate of drug-likeness (QED) is 0.739. The number of benzene rings is 1. The fourth-order valence-corrected chi connectivity index (χ4v) is 6.18. The summed E-state index contributed by atoms with van der Waals surface area (Å²) in [6, 6.07) is 7.94. The van der Waals surface area contributed by atoms with Crippen LogP contribution in [0.5, 0.6) is 0 Å². The van der Waals surface area contributed by atoms with Gasteiger partial charge in [-0.05, 0) is 68.4 Å². The number of halogens is 1. The highest BCUT2D eigenvalue weighted by molar-refractivity contribution is 6.35. The third-order valence-corrected chi connectivity index (χ3v) is 6.83. The zero-order valence-corrected chi connectivity index (χ0v) is 15.3. The van der Waals surface area contributed by atoms with Crippen LogP contribution < -0.4 is 5.32 Å². The number of fused-ring (bicyclic) bond motifs is 1. The molecule has 2 aromatic rings. The molecule has 0 unspecified atom stereocenters. The van der Waals surface area contributed by atoms with E-state index in [-0.39, 0.29) is 5.60 Å². The molecule has 0 saturated heterocycles. The van der Waals surface area contributed by atoms with Gasteiger partial charge in [0.2, 0.25) is 0 Å². The van der Waals surface area contributed by atoms with Gasteiger partial charge < -0.3 is 10.1 Å². The molecule has 4 bridgehead atoms. The number of hydrogen-bond acceptors (Lipinski definition) is 3. The van der Waals surface area contributed by atoms with Crippen molar-refractivity contribution in [2.75, 3.05) is 18.5 Å². The van der Waals surface area contributed by atoms with Crippen molar-refractivity contribution in [3.8, 4) is 0 Å². The summed E-state index contributed by atoms with van der Waals surface area (Å²) in [6.07, 6.45) is 10.1. The molecule has 4 saturated carbocycles. The van der Waals surface area contributed by atoms with Crippen LogP contribution in [-0.4, -0.2) is 23.7 Å². The van der Waals surface area contributed by atoms with Crippen LogP contribution in [0.15, 0.2) is 30.5 Å². The Morgan fingerprint density at radius 2 is 1.80 bits per heavy atom. The number of aromatic nitrogens is 1. The molecule has 4 aliphatic rings. The first kappa shape index (κ1) is 15.9. The van der Waals surface area contributed by atoms with Gasteiger partial charge in [0.05, 0.1) is 22.7 Å². The first-order valence-corrected chi connectivity index (χ1v) is 10.00. The Labute approximate surface area is 154 Å². The maximum atomic E-state index is 6.50. The van der Waals surface area contributed by atoms with Gasteiger partial charge in [-0.3, -0.25) is 4.98 Å². The molecule has 3 nitrogen and oxygen atoms in total. The molecule has 0 radical (unpaired) electrons. The lowest BCUT2D eigenvalue weighted by Crippen LogP contribution is -2.52. The monoisotopic (exact) mass is 356 g/mol. The molecule has 4 aliphatic carbocycles. The Morgan fingerprint density at radius 3 is 2.52 bits per heavy atom. The Hall–Kier alpha value is -1.32. The zero-order valence-electron chi connectivity index (χ0n) is 14.5. The molecule has 1 aromatic heterocycles. The average Bonchev–Trinajstić information content (AvgIpc) is 2.58. The minimum atomic E-state index is 0.194. The Kier molecular flexibility index (Phi) is 3.90. The van der Waals surface area contributed by atoms with Crippen molar-refractivity contribution < 1.29 is 4.74 Å². The molecule has 0 amide bonds. The molecule has 1 aromatic carbocycles. The minimum absolute atomic E-state index is 0.194. The molecule has 0 aliphatic heterocycles. The lowest BCUT2D eigenvalue weighted by atomic mass is 9.54. The van der Waals surface area contributed by atoms with Gasteiger partial charge in [0.15, 0.2) is 0 Å². The summed E-state index contributed by atoms with van der Waals surface area (Å²) in [4.78, 5) is 4.39. The molecule has 0 spiro atoms. The average molecular weight is 357 g/mol. The zero-order chi connectivity index (χ0) is 16.9. The highest BCUT2D eigenvalue weighted by atomic mass is 35.5. The number of ether oxygens (including phenoxy) is 1. The van der Waals surface area contributed by atoms with Gasteiger partial charge in [0.1, 0.15) is 0 Å². The Morgan fingerprint density at radius 1 is 1.08 bits per heavy atom. The predicted molar refractivity (Wildman–Crippen MR) is 102 cm³/mol. The molecule has 4 heteroatoms. The third-order valence-electron chi connectivity index (χ3n) is 6.53. The smallest absolute Gasteiger partial charge is 0.0908 e. The minimum Gasteiger partial charge on any atom is -0.382 e. The van der Waals surface area contributed by atoms with Gasteiger partial charge in [-0.1, -0.05) is 23.7 Å². The van der Waals surface area contributed by atoms with E-state index in [1.54, 1.807) is 0 Å². The summed E-state index contributed by atoms with van der Waals surface area (Å²) < 4.78 is 6.50.